The van der Waals surface area contributed by atoms with Gasteiger partial charge in [0, 0.05) is 18.2 Å². The van der Waals surface area contributed by atoms with Gasteiger partial charge in [-0.3, -0.25) is 4.79 Å². The van der Waals surface area contributed by atoms with Crippen molar-refractivity contribution in [3.05, 3.63) is 54.1 Å². The first-order chi connectivity index (χ1) is 11.1. The minimum atomic E-state index is -0.655. The molecule has 0 saturated carbocycles. The number of nitrogens with one attached hydrogen (secondary N) is 1. The number of phenols is 1. The Morgan fingerprint density at radius 2 is 1.87 bits per heavy atom. The molecule has 0 fully saturated rings. The molecule has 2 aromatic rings. The van der Waals surface area contributed by atoms with Crippen molar-refractivity contribution < 1.29 is 19.4 Å². The number of aromatic hydroxyl groups is 1. The van der Waals surface area contributed by atoms with Gasteiger partial charge in [-0.25, -0.2) is 4.79 Å². The third-order valence-corrected chi connectivity index (χ3v) is 3.21. The topological polar surface area (TPSA) is 75.6 Å². The fourth-order valence-corrected chi connectivity index (χ4v) is 1.99. The van der Waals surface area contributed by atoms with Crippen LogP contribution in [-0.2, 0) is 4.79 Å². The van der Waals surface area contributed by atoms with E-state index in [9.17, 15) is 14.7 Å². The van der Waals surface area contributed by atoms with E-state index in [0.717, 1.165) is 12.8 Å². The van der Waals surface area contributed by atoms with Crippen LogP contribution >= 0.6 is 0 Å². The maximum Gasteiger partial charge on any atom is 0.347 e. The zero-order valence-corrected chi connectivity index (χ0v) is 12.9. The number of anilines is 1. The summed E-state index contributed by atoms with van der Waals surface area (Å²) in [5.41, 5.74) is 0.486. The molecule has 0 aliphatic heterocycles. The summed E-state index contributed by atoms with van der Waals surface area (Å²) in [6.07, 6.45) is 2.16. The predicted molar refractivity (Wildman–Crippen MR) is 87.7 cm³/mol. The number of carbonyl (C=O) groups is 2. The maximum atomic E-state index is 12.0. The first-order valence-electron chi connectivity index (χ1n) is 7.50. The minimum Gasteiger partial charge on any atom is -0.507 e. The van der Waals surface area contributed by atoms with Crippen LogP contribution in [0.25, 0.3) is 0 Å². The molecular weight excluding hydrogens is 294 g/mol. The van der Waals surface area contributed by atoms with Gasteiger partial charge in [0.15, 0.2) is 0 Å². The molecule has 0 atom stereocenters. The van der Waals surface area contributed by atoms with E-state index in [1.165, 1.54) is 12.1 Å². The lowest BCUT2D eigenvalue weighted by atomic mass is 10.1. The molecule has 0 heterocycles. The van der Waals surface area contributed by atoms with Gasteiger partial charge in [-0.15, -0.1) is 0 Å². The Bertz CT molecular complexity index is 683. The third-order valence-electron chi connectivity index (χ3n) is 3.21. The summed E-state index contributed by atoms with van der Waals surface area (Å²) in [5, 5.41) is 12.7. The molecule has 120 valence electrons. The Hall–Kier alpha value is -2.82. The number of esters is 1. The molecule has 5 nitrogen and oxygen atoms in total. The lowest BCUT2D eigenvalue weighted by molar-refractivity contribution is -0.116. The summed E-state index contributed by atoms with van der Waals surface area (Å²) < 4.78 is 5.17. The monoisotopic (exact) mass is 313 g/mol. The van der Waals surface area contributed by atoms with Crippen molar-refractivity contribution in [1.82, 2.24) is 0 Å². The van der Waals surface area contributed by atoms with Crippen molar-refractivity contribution in [1.29, 1.82) is 0 Å². The Morgan fingerprint density at radius 1 is 1.13 bits per heavy atom. The van der Waals surface area contributed by atoms with E-state index in [1.807, 2.05) is 13.0 Å². The van der Waals surface area contributed by atoms with E-state index in [0.29, 0.717) is 17.9 Å². The number of amides is 1. The molecule has 5 heteroatoms. The third kappa shape index (κ3) is 4.85. The minimum absolute atomic E-state index is 0.0420. The fourth-order valence-electron chi connectivity index (χ4n) is 1.99. The summed E-state index contributed by atoms with van der Waals surface area (Å²) in [5.74, 6) is -0.614. The van der Waals surface area contributed by atoms with Crippen molar-refractivity contribution in [2.45, 2.75) is 26.2 Å². The standard InChI is InChI=1S/C18H19NO4/c1-2-3-9-17(21)19-13-10-11-15(16(20)12-13)18(22)23-14-7-5-4-6-8-14/h4-8,10-12,20H,2-3,9H2,1H3,(H,19,21). The van der Waals surface area contributed by atoms with Gasteiger partial charge in [-0.2, -0.15) is 0 Å². The molecule has 0 aliphatic carbocycles. The van der Waals surface area contributed by atoms with Gasteiger partial charge >= 0.3 is 5.97 Å². The SMILES string of the molecule is CCCCC(=O)Nc1ccc(C(=O)Oc2ccccc2)c(O)c1. The molecule has 0 aliphatic rings. The molecule has 0 radical (unpaired) electrons. The summed E-state index contributed by atoms with van der Waals surface area (Å²) >= 11 is 0. The van der Waals surface area contributed by atoms with Crippen LogP contribution in [-0.4, -0.2) is 17.0 Å². The molecule has 0 saturated heterocycles. The van der Waals surface area contributed by atoms with E-state index in [-0.39, 0.29) is 17.2 Å². The number of hydrogen-bond acceptors (Lipinski definition) is 4. The van der Waals surface area contributed by atoms with E-state index in [1.54, 1.807) is 30.3 Å². The predicted octanol–water partition coefficient (Wildman–Crippen LogP) is 3.74. The van der Waals surface area contributed by atoms with Gasteiger partial charge in [0.05, 0.1) is 0 Å². The Kier molecular flexibility index (Phi) is 5.74. The molecule has 0 bridgehead atoms. The van der Waals surface area contributed by atoms with Gasteiger partial charge in [0.1, 0.15) is 17.1 Å². The molecule has 0 unspecified atom stereocenters. The van der Waals surface area contributed by atoms with E-state index < -0.39 is 5.97 Å². The lowest BCUT2D eigenvalue weighted by Crippen LogP contribution is -2.12. The van der Waals surface area contributed by atoms with Gasteiger partial charge in [-0.1, -0.05) is 31.5 Å². The van der Waals surface area contributed by atoms with Crippen LogP contribution in [0.2, 0.25) is 0 Å². The van der Waals surface area contributed by atoms with Crippen molar-refractivity contribution in [2.24, 2.45) is 0 Å². The van der Waals surface area contributed by atoms with Crippen molar-refractivity contribution in [3.63, 3.8) is 0 Å². The van der Waals surface area contributed by atoms with Gasteiger partial charge < -0.3 is 15.2 Å². The zero-order chi connectivity index (χ0) is 16.7. The molecule has 1 amide bonds. The number of hydrogen-bond donors (Lipinski definition) is 2. The number of benzene rings is 2. The summed E-state index contributed by atoms with van der Waals surface area (Å²) in [4.78, 5) is 23.7. The Morgan fingerprint density at radius 3 is 2.52 bits per heavy atom. The molecular formula is C18H19NO4. The molecule has 0 aromatic heterocycles. The number of rotatable bonds is 6. The number of carbonyl (C=O) groups excluding carboxylic acids is 2. The highest BCUT2D eigenvalue weighted by Gasteiger charge is 2.14. The molecule has 2 N–H and O–H groups in total. The van der Waals surface area contributed by atoms with E-state index >= 15 is 0 Å². The second-order valence-corrected chi connectivity index (χ2v) is 5.09. The maximum absolute atomic E-state index is 12.0. The first-order valence-corrected chi connectivity index (χ1v) is 7.50. The second-order valence-electron chi connectivity index (χ2n) is 5.09. The Balaban J connectivity index is 2.04. The smallest absolute Gasteiger partial charge is 0.347 e. The highest BCUT2D eigenvalue weighted by Crippen LogP contribution is 2.24. The summed E-state index contributed by atoms with van der Waals surface area (Å²) in [6, 6.07) is 12.9. The van der Waals surface area contributed by atoms with E-state index in [4.69, 9.17) is 4.74 Å². The largest absolute Gasteiger partial charge is 0.507 e. The van der Waals surface area contributed by atoms with Crippen LogP contribution in [0, 0.1) is 0 Å². The molecule has 2 rings (SSSR count). The first kappa shape index (κ1) is 16.5. The number of phenolic OH excluding ortho intramolecular Hbond substituents is 1. The molecule has 23 heavy (non-hydrogen) atoms. The number of ether oxygens (including phenoxy) is 1. The summed E-state index contributed by atoms with van der Waals surface area (Å²) in [7, 11) is 0. The van der Waals surface area contributed by atoms with E-state index in [2.05, 4.69) is 5.32 Å². The quantitative estimate of drug-likeness (QED) is 0.629. The molecule has 0 spiro atoms. The normalized spacial score (nSPS) is 10.1. The van der Waals surface area contributed by atoms with Crippen molar-refractivity contribution >= 4 is 17.6 Å². The highest BCUT2D eigenvalue weighted by atomic mass is 16.5. The van der Waals surface area contributed by atoms with Crippen LogP contribution in [0.3, 0.4) is 0 Å². The summed E-state index contributed by atoms with van der Waals surface area (Å²) in [6.45, 7) is 2.01. The number of unbranched alkanes of at least 4 members (excludes halogenated alkanes) is 1. The van der Waals surface area contributed by atoms with Gasteiger partial charge in [0.25, 0.3) is 0 Å². The fraction of sp³-hybridized carbons (Fsp3) is 0.222. The Labute approximate surface area is 134 Å². The highest BCUT2D eigenvalue weighted by molar-refractivity contribution is 5.96. The number of para-hydroxylation sites is 1. The van der Waals surface area contributed by atoms with Crippen LogP contribution < -0.4 is 10.1 Å². The van der Waals surface area contributed by atoms with Crippen LogP contribution in [0.15, 0.2) is 48.5 Å². The van der Waals surface area contributed by atoms with Crippen LogP contribution in [0.1, 0.15) is 36.5 Å². The zero-order valence-electron chi connectivity index (χ0n) is 12.9. The van der Waals surface area contributed by atoms with Gasteiger partial charge in [-0.05, 0) is 30.7 Å². The molecule has 2 aromatic carbocycles. The van der Waals surface area contributed by atoms with Crippen LogP contribution in [0.5, 0.6) is 11.5 Å². The van der Waals surface area contributed by atoms with Crippen LogP contribution in [0.4, 0.5) is 5.69 Å². The second kappa shape index (κ2) is 7.98. The average Bonchev–Trinajstić information content (AvgIpc) is 2.54. The van der Waals surface area contributed by atoms with Crippen molar-refractivity contribution in [2.75, 3.05) is 5.32 Å². The lowest BCUT2D eigenvalue weighted by Gasteiger charge is -2.09. The van der Waals surface area contributed by atoms with Crippen molar-refractivity contribution in [3.8, 4) is 11.5 Å². The average molecular weight is 313 g/mol. The van der Waals surface area contributed by atoms with Gasteiger partial charge in [0.2, 0.25) is 5.91 Å².